The van der Waals surface area contributed by atoms with Gasteiger partial charge in [0, 0.05) is 11.1 Å². The first kappa shape index (κ1) is 15.0. The molecule has 4 heteroatoms. The zero-order valence-electron chi connectivity index (χ0n) is 13.8. The zero-order chi connectivity index (χ0) is 15.9. The number of aliphatic hydroxyl groups excluding tert-OH is 1. The monoisotopic (exact) mass is 313 g/mol. The number of aliphatic hydroxyl groups is 1. The van der Waals surface area contributed by atoms with Crippen molar-refractivity contribution in [2.45, 2.75) is 51.4 Å². The van der Waals surface area contributed by atoms with Crippen LogP contribution in [0.1, 0.15) is 49.7 Å². The van der Waals surface area contributed by atoms with Gasteiger partial charge >= 0.3 is 0 Å². The number of guanidine groups is 1. The number of nitrogens with one attached hydrogen (secondary N) is 1. The van der Waals surface area contributed by atoms with Crippen LogP contribution >= 0.6 is 0 Å². The predicted octanol–water partition coefficient (Wildman–Crippen LogP) is 2.84. The van der Waals surface area contributed by atoms with E-state index >= 15 is 0 Å². The quantitative estimate of drug-likeness (QED) is 0.591. The molecule has 1 aromatic carbocycles. The van der Waals surface area contributed by atoms with E-state index in [1.807, 2.05) is 0 Å². The summed E-state index contributed by atoms with van der Waals surface area (Å²) in [5, 5.41) is 13.0. The SMILES string of the molecule is NC(=NCC1(CO)CC2(CCC2)C1)Nc1ccc2c(c1)CCC2. The van der Waals surface area contributed by atoms with Crippen molar-refractivity contribution in [2.75, 3.05) is 18.5 Å². The van der Waals surface area contributed by atoms with E-state index < -0.39 is 0 Å². The van der Waals surface area contributed by atoms with E-state index in [0.717, 1.165) is 24.9 Å². The molecule has 0 bridgehead atoms. The van der Waals surface area contributed by atoms with E-state index in [1.165, 1.54) is 43.2 Å². The van der Waals surface area contributed by atoms with Gasteiger partial charge in [-0.15, -0.1) is 0 Å². The Hall–Kier alpha value is -1.55. The van der Waals surface area contributed by atoms with Crippen molar-refractivity contribution in [3.05, 3.63) is 29.3 Å². The summed E-state index contributed by atoms with van der Waals surface area (Å²) < 4.78 is 0. The van der Waals surface area contributed by atoms with E-state index in [9.17, 15) is 5.11 Å². The van der Waals surface area contributed by atoms with Crippen LogP contribution in [0.3, 0.4) is 0 Å². The minimum absolute atomic E-state index is 0.0232. The average molecular weight is 313 g/mol. The van der Waals surface area contributed by atoms with Gasteiger partial charge in [0.2, 0.25) is 0 Å². The van der Waals surface area contributed by atoms with Gasteiger partial charge in [-0.25, -0.2) is 0 Å². The van der Waals surface area contributed by atoms with E-state index in [4.69, 9.17) is 5.73 Å². The van der Waals surface area contributed by atoms with Gasteiger partial charge in [-0.1, -0.05) is 12.5 Å². The number of anilines is 1. The van der Waals surface area contributed by atoms with Crippen LogP contribution in [0.15, 0.2) is 23.2 Å². The Balaban J connectivity index is 1.37. The molecule has 4 rings (SSSR count). The second-order valence-electron chi connectivity index (χ2n) is 8.03. The predicted molar refractivity (Wildman–Crippen MR) is 93.6 cm³/mol. The van der Waals surface area contributed by atoms with Gasteiger partial charge in [-0.3, -0.25) is 4.99 Å². The second-order valence-corrected chi connectivity index (χ2v) is 8.03. The molecule has 4 N–H and O–H groups in total. The molecule has 3 aliphatic rings. The first-order valence-corrected chi connectivity index (χ1v) is 8.92. The van der Waals surface area contributed by atoms with Gasteiger partial charge in [-0.2, -0.15) is 0 Å². The van der Waals surface area contributed by atoms with Crippen molar-refractivity contribution >= 4 is 11.6 Å². The summed E-state index contributed by atoms with van der Waals surface area (Å²) in [6.45, 7) is 0.861. The van der Waals surface area contributed by atoms with Crippen molar-refractivity contribution in [1.82, 2.24) is 0 Å². The highest BCUT2D eigenvalue weighted by Crippen LogP contribution is 2.64. The summed E-state index contributed by atoms with van der Waals surface area (Å²) >= 11 is 0. The molecule has 0 amide bonds. The molecule has 2 saturated carbocycles. The van der Waals surface area contributed by atoms with E-state index in [-0.39, 0.29) is 12.0 Å². The Labute approximate surface area is 138 Å². The Morgan fingerprint density at radius 3 is 2.65 bits per heavy atom. The van der Waals surface area contributed by atoms with Gasteiger partial charge in [0.05, 0.1) is 13.2 Å². The highest BCUT2D eigenvalue weighted by molar-refractivity contribution is 5.92. The lowest BCUT2D eigenvalue weighted by molar-refractivity contribution is -0.114. The zero-order valence-corrected chi connectivity index (χ0v) is 13.8. The molecule has 4 nitrogen and oxygen atoms in total. The van der Waals surface area contributed by atoms with Gasteiger partial charge in [-0.05, 0) is 73.6 Å². The fourth-order valence-electron chi connectivity index (χ4n) is 4.93. The minimum atomic E-state index is -0.0232. The summed E-state index contributed by atoms with van der Waals surface area (Å²) in [7, 11) is 0. The largest absolute Gasteiger partial charge is 0.396 e. The summed E-state index contributed by atoms with van der Waals surface area (Å²) in [5.41, 5.74) is 10.5. The Morgan fingerprint density at radius 2 is 1.96 bits per heavy atom. The molecule has 0 unspecified atom stereocenters. The third-order valence-corrected chi connectivity index (χ3v) is 6.21. The van der Waals surface area contributed by atoms with Crippen molar-refractivity contribution in [3.63, 3.8) is 0 Å². The molecule has 0 atom stereocenters. The van der Waals surface area contributed by atoms with E-state index in [1.54, 1.807) is 0 Å². The topological polar surface area (TPSA) is 70.6 Å². The van der Waals surface area contributed by atoms with Crippen LogP contribution in [-0.4, -0.2) is 24.2 Å². The Kier molecular flexibility index (Phi) is 3.60. The summed E-state index contributed by atoms with van der Waals surface area (Å²) in [6.07, 6.45) is 9.87. The highest BCUT2D eigenvalue weighted by Gasteiger charge is 2.56. The molecule has 0 heterocycles. The third kappa shape index (κ3) is 2.74. The maximum absolute atomic E-state index is 9.77. The molecule has 0 aromatic heterocycles. The molecule has 0 saturated heterocycles. The molecular formula is C19H27N3O. The van der Waals surface area contributed by atoms with Crippen molar-refractivity contribution < 1.29 is 5.11 Å². The first-order chi connectivity index (χ1) is 11.1. The second kappa shape index (κ2) is 5.52. The third-order valence-electron chi connectivity index (χ3n) is 6.21. The van der Waals surface area contributed by atoms with Crippen LogP contribution in [0.4, 0.5) is 5.69 Å². The number of nitrogens with two attached hydrogens (primary N) is 1. The molecular weight excluding hydrogens is 286 g/mol. The maximum atomic E-state index is 9.77. The van der Waals surface area contributed by atoms with Crippen molar-refractivity contribution in [3.8, 4) is 0 Å². The Bertz CT molecular complexity index is 626. The number of aryl methyl sites for hydroxylation is 2. The molecule has 3 aliphatic carbocycles. The average Bonchev–Trinajstić information content (AvgIpc) is 2.92. The molecule has 0 aliphatic heterocycles. The number of fused-ring (bicyclic) bond motifs is 1. The lowest BCUT2D eigenvalue weighted by atomic mass is 9.45. The van der Waals surface area contributed by atoms with Crippen LogP contribution < -0.4 is 11.1 Å². The summed E-state index contributed by atoms with van der Waals surface area (Å²) in [5.74, 6) is 0.463. The number of hydrogen-bond acceptors (Lipinski definition) is 2. The number of aliphatic imine (C=N–C) groups is 1. The van der Waals surface area contributed by atoms with Crippen LogP contribution in [0.2, 0.25) is 0 Å². The summed E-state index contributed by atoms with van der Waals surface area (Å²) in [4.78, 5) is 4.53. The van der Waals surface area contributed by atoms with Crippen molar-refractivity contribution in [1.29, 1.82) is 0 Å². The number of hydrogen-bond donors (Lipinski definition) is 3. The van der Waals surface area contributed by atoms with Crippen LogP contribution in [-0.2, 0) is 12.8 Å². The fourth-order valence-corrected chi connectivity index (χ4v) is 4.93. The summed E-state index contributed by atoms with van der Waals surface area (Å²) in [6, 6.07) is 6.47. The fraction of sp³-hybridized carbons (Fsp3) is 0.632. The number of rotatable bonds is 4. The van der Waals surface area contributed by atoms with E-state index in [2.05, 4.69) is 28.5 Å². The standard InChI is InChI=1S/C19H27N3O/c20-17(22-16-6-5-14-3-1-4-15(14)9-16)21-12-19(13-23)10-18(11-19)7-2-8-18/h5-6,9,23H,1-4,7-8,10-13H2,(H3,20,21,22). The van der Waals surface area contributed by atoms with Crippen LogP contribution in [0, 0.1) is 10.8 Å². The maximum Gasteiger partial charge on any atom is 0.193 e. The molecule has 1 aromatic rings. The normalized spacial score (nSPS) is 24.0. The smallest absolute Gasteiger partial charge is 0.193 e. The molecule has 1 spiro atoms. The highest BCUT2D eigenvalue weighted by atomic mass is 16.3. The van der Waals surface area contributed by atoms with Crippen LogP contribution in [0.25, 0.3) is 0 Å². The first-order valence-electron chi connectivity index (χ1n) is 8.92. The molecule has 2 fully saturated rings. The molecule has 23 heavy (non-hydrogen) atoms. The molecule has 124 valence electrons. The number of benzene rings is 1. The number of nitrogens with zero attached hydrogens (tertiary/aromatic N) is 1. The minimum Gasteiger partial charge on any atom is -0.396 e. The lowest BCUT2D eigenvalue weighted by Gasteiger charge is -2.60. The van der Waals surface area contributed by atoms with E-state index in [0.29, 0.717) is 17.9 Å². The Morgan fingerprint density at radius 1 is 1.17 bits per heavy atom. The lowest BCUT2D eigenvalue weighted by Crippen LogP contribution is -2.54. The molecule has 0 radical (unpaired) electrons. The van der Waals surface area contributed by atoms with Gasteiger partial charge in [0.15, 0.2) is 5.96 Å². The van der Waals surface area contributed by atoms with Crippen LogP contribution in [0.5, 0.6) is 0 Å². The van der Waals surface area contributed by atoms with Gasteiger partial charge in [0.1, 0.15) is 0 Å². The van der Waals surface area contributed by atoms with Gasteiger partial charge < -0.3 is 16.2 Å². The van der Waals surface area contributed by atoms with Gasteiger partial charge in [0.25, 0.3) is 0 Å². The van der Waals surface area contributed by atoms with Crippen molar-refractivity contribution in [2.24, 2.45) is 21.6 Å².